The number of rotatable bonds is 4. The lowest BCUT2D eigenvalue weighted by Gasteiger charge is -2.22. The molecule has 0 amide bonds. The van der Waals surface area contributed by atoms with Gasteiger partial charge in [0.05, 0.1) is 0 Å². The zero-order chi connectivity index (χ0) is 22.3. The molecule has 4 rings (SSSR count). The molecule has 0 saturated carbocycles. The fourth-order valence-electron chi connectivity index (χ4n) is 3.23. The van der Waals surface area contributed by atoms with Crippen LogP contribution in [0.2, 0.25) is 0 Å². The number of hydrogen-bond acceptors (Lipinski definition) is 8. The first-order valence-corrected chi connectivity index (χ1v) is 11.9. The molecule has 1 heterocycles. The van der Waals surface area contributed by atoms with E-state index >= 15 is 0 Å². The van der Waals surface area contributed by atoms with Gasteiger partial charge in [-0.2, -0.15) is 13.5 Å². The fraction of sp³-hybridized carbons (Fsp3) is 0.227. The largest absolute Gasteiger partial charge is 0.504 e. The van der Waals surface area contributed by atoms with Crippen molar-refractivity contribution in [3.63, 3.8) is 0 Å². The van der Waals surface area contributed by atoms with Crippen LogP contribution in [0.25, 0.3) is 10.8 Å². The second-order valence-electron chi connectivity index (χ2n) is 7.42. The van der Waals surface area contributed by atoms with Crippen molar-refractivity contribution in [1.82, 2.24) is 9.91 Å². The molecule has 0 fully saturated rings. The molecule has 0 aromatic heterocycles. The molecule has 9 heteroatoms. The first-order valence-electron chi connectivity index (χ1n) is 9.65. The van der Waals surface area contributed by atoms with Gasteiger partial charge in [-0.05, 0) is 49.2 Å². The Morgan fingerprint density at radius 1 is 1.06 bits per heavy atom. The van der Waals surface area contributed by atoms with Crippen LogP contribution in [0.4, 0.5) is 0 Å². The van der Waals surface area contributed by atoms with E-state index in [1.165, 1.54) is 30.0 Å². The van der Waals surface area contributed by atoms with E-state index in [2.05, 4.69) is 5.10 Å². The second-order valence-corrected chi connectivity index (χ2v) is 9.98. The molecule has 1 aliphatic rings. The normalized spacial score (nSPS) is 16.6. The summed E-state index contributed by atoms with van der Waals surface area (Å²) in [6.45, 7) is 3.91. The topological polar surface area (TPSA) is 82.4 Å². The zero-order valence-corrected chi connectivity index (χ0v) is 19.2. The smallest absolute Gasteiger partial charge is 0.339 e. The summed E-state index contributed by atoms with van der Waals surface area (Å²) in [6.07, 6.45) is 0.115. The Morgan fingerprint density at radius 3 is 2.32 bits per heavy atom. The Kier molecular flexibility index (Phi) is 5.49. The van der Waals surface area contributed by atoms with Crippen molar-refractivity contribution in [1.29, 1.82) is 0 Å². The molecule has 1 unspecified atom stereocenters. The monoisotopic (exact) mass is 457 g/mol. The SMILES string of the molecule is Cc1ccc(S(=O)(=O)Oc2c(O)cc(SC3=NN(C)C(C)N3C)c3ccccc23)cc1. The Morgan fingerprint density at radius 2 is 1.71 bits per heavy atom. The van der Waals surface area contributed by atoms with Crippen molar-refractivity contribution in [2.75, 3.05) is 14.1 Å². The van der Waals surface area contributed by atoms with Crippen molar-refractivity contribution < 1.29 is 17.7 Å². The molecule has 7 nitrogen and oxygen atoms in total. The van der Waals surface area contributed by atoms with Gasteiger partial charge in [-0.25, -0.2) is 0 Å². The number of amidine groups is 1. The number of benzene rings is 3. The van der Waals surface area contributed by atoms with Gasteiger partial charge in [-0.1, -0.05) is 42.0 Å². The van der Waals surface area contributed by atoms with E-state index in [0.29, 0.717) is 5.39 Å². The Labute approximate surface area is 186 Å². The van der Waals surface area contributed by atoms with E-state index in [9.17, 15) is 13.5 Å². The van der Waals surface area contributed by atoms with Gasteiger partial charge in [0.1, 0.15) is 11.1 Å². The van der Waals surface area contributed by atoms with Crippen LogP contribution >= 0.6 is 11.8 Å². The minimum absolute atomic E-state index is 0.0268. The molecule has 0 aliphatic carbocycles. The van der Waals surface area contributed by atoms with Crippen LogP contribution < -0.4 is 4.18 Å². The number of aromatic hydroxyl groups is 1. The lowest BCUT2D eigenvalue weighted by atomic mass is 10.1. The maximum Gasteiger partial charge on any atom is 0.339 e. The zero-order valence-electron chi connectivity index (χ0n) is 17.6. The molecule has 1 atom stereocenters. The fourth-order valence-corrected chi connectivity index (χ4v) is 5.31. The van der Waals surface area contributed by atoms with E-state index < -0.39 is 10.1 Å². The van der Waals surface area contributed by atoms with Crippen LogP contribution in [0.5, 0.6) is 11.5 Å². The lowest BCUT2D eigenvalue weighted by molar-refractivity contribution is 0.200. The van der Waals surface area contributed by atoms with Crippen LogP contribution in [-0.4, -0.2) is 48.9 Å². The molecule has 0 spiro atoms. The molecule has 31 heavy (non-hydrogen) atoms. The Balaban J connectivity index is 1.75. The highest BCUT2D eigenvalue weighted by molar-refractivity contribution is 8.14. The summed E-state index contributed by atoms with van der Waals surface area (Å²) in [6, 6.07) is 15.1. The third-order valence-corrected chi connectivity index (χ3v) is 7.63. The van der Waals surface area contributed by atoms with E-state index in [0.717, 1.165) is 21.0 Å². The summed E-state index contributed by atoms with van der Waals surface area (Å²) in [5.41, 5.74) is 0.938. The van der Waals surface area contributed by atoms with Crippen LogP contribution in [-0.2, 0) is 10.1 Å². The summed E-state index contributed by atoms with van der Waals surface area (Å²) in [4.78, 5) is 2.81. The summed E-state index contributed by atoms with van der Waals surface area (Å²) in [7, 11) is -0.256. The van der Waals surface area contributed by atoms with Crippen molar-refractivity contribution >= 4 is 37.8 Å². The van der Waals surface area contributed by atoms with Gasteiger partial charge in [-0.15, -0.1) is 0 Å². The van der Waals surface area contributed by atoms with Crippen LogP contribution in [0, 0.1) is 6.92 Å². The quantitative estimate of drug-likeness (QED) is 0.588. The maximum absolute atomic E-state index is 12.8. The van der Waals surface area contributed by atoms with Crippen LogP contribution in [0.15, 0.2) is 69.5 Å². The predicted molar refractivity (Wildman–Crippen MR) is 123 cm³/mol. The Bertz CT molecular complexity index is 1270. The highest BCUT2D eigenvalue weighted by Crippen LogP contribution is 2.43. The van der Waals surface area contributed by atoms with Crippen LogP contribution in [0.1, 0.15) is 12.5 Å². The number of nitrogens with zero attached hydrogens (tertiary/aromatic N) is 3. The van der Waals surface area contributed by atoms with Gasteiger partial charge in [0, 0.05) is 24.4 Å². The number of hydrogen-bond donors (Lipinski definition) is 1. The molecule has 1 N–H and O–H groups in total. The van der Waals surface area contributed by atoms with Gasteiger partial charge < -0.3 is 14.2 Å². The molecular formula is C22H23N3O4S2. The van der Waals surface area contributed by atoms with Crippen molar-refractivity contribution in [2.24, 2.45) is 5.10 Å². The molecular weight excluding hydrogens is 434 g/mol. The van der Waals surface area contributed by atoms with Crippen LogP contribution in [0.3, 0.4) is 0 Å². The minimum Gasteiger partial charge on any atom is -0.504 e. The summed E-state index contributed by atoms with van der Waals surface area (Å²) in [5, 5.41) is 19.2. The molecule has 3 aromatic rings. The maximum atomic E-state index is 12.8. The molecule has 162 valence electrons. The average molecular weight is 458 g/mol. The van der Waals surface area contributed by atoms with E-state index in [-0.39, 0.29) is 22.6 Å². The number of aryl methyl sites for hydroxylation is 1. The van der Waals surface area contributed by atoms with E-state index in [4.69, 9.17) is 4.18 Å². The Hall–Kier alpha value is -2.91. The first-order chi connectivity index (χ1) is 14.7. The van der Waals surface area contributed by atoms with E-state index in [1.807, 2.05) is 50.0 Å². The van der Waals surface area contributed by atoms with Gasteiger partial charge in [0.2, 0.25) is 0 Å². The lowest BCUT2D eigenvalue weighted by Crippen LogP contribution is -2.34. The van der Waals surface area contributed by atoms with Crippen molar-refractivity contribution in [3.8, 4) is 11.5 Å². The average Bonchev–Trinajstić information content (AvgIpc) is 2.98. The highest BCUT2D eigenvalue weighted by Gasteiger charge is 2.27. The molecule has 0 saturated heterocycles. The molecule has 3 aromatic carbocycles. The third kappa shape index (κ3) is 4.03. The number of hydrazone groups is 1. The van der Waals surface area contributed by atoms with Gasteiger partial charge in [-0.3, -0.25) is 5.01 Å². The first kappa shape index (κ1) is 21.3. The van der Waals surface area contributed by atoms with E-state index in [1.54, 1.807) is 24.3 Å². The number of fused-ring (bicyclic) bond motifs is 1. The number of phenols is 1. The van der Waals surface area contributed by atoms with Gasteiger partial charge >= 0.3 is 10.1 Å². The predicted octanol–water partition coefficient (Wildman–Crippen LogP) is 4.21. The molecule has 0 bridgehead atoms. The summed E-state index contributed by atoms with van der Waals surface area (Å²) >= 11 is 1.40. The van der Waals surface area contributed by atoms with Crippen molar-refractivity contribution in [3.05, 3.63) is 60.2 Å². The van der Waals surface area contributed by atoms with Gasteiger partial charge in [0.25, 0.3) is 0 Å². The molecule has 1 aliphatic heterocycles. The number of phenolic OH excluding ortho intramolecular Hbond substituents is 1. The number of thioether (sulfide) groups is 1. The standard InChI is InChI=1S/C22H23N3O4S2/c1-14-9-11-16(12-10-14)31(27,28)29-21-18-8-6-5-7-17(18)20(13-19(21)26)30-22-23-25(4)15(2)24(22)3/h5-13,15,26H,1-4H3. The summed E-state index contributed by atoms with van der Waals surface area (Å²) in [5.74, 6) is -0.340. The van der Waals surface area contributed by atoms with Gasteiger partial charge in [0.15, 0.2) is 16.7 Å². The minimum atomic E-state index is -4.11. The third-order valence-electron chi connectivity index (χ3n) is 5.29. The van der Waals surface area contributed by atoms with Crippen molar-refractivity contribution in [2.45, 2.75) is 29.8 Å². The second kappa shape index (κ2) is 7.97. The highest BCUT2D eigenvalue weighted by atomic mass is 32.2. The summed E-state index contributed by atoms with van der Waals surface area (Å²) < 4.78 is 31.1. The molecule has 0 radical (unpaired) electrons.